The van der Waals surface area contributed by atoms with Crippen molar-refractivity contribution < 1.29 is 19.1 Å². The molecule has 0 spiro atoms. The van der Waals surface area contributed by atoms with Crippen LogP contribution in [-0.4, -0.2) is 57.8 Å². The standard InChI is InChI=1S/C23H23ClFIN6O3/c1-30(17-6-8-27-9-7-17)21(33)19-20(26)29-22(31-10-2-3-16(13-31)28-23(34)35)32(19)12-14-11-15(25)4-5-18(14)24/h4-9,11,16,28H,2-3,10,12-13H2,1H3,(H,34,35)/t16-/m1/s1. The molecule has 2 amide bonds. The molecule has 3 aromatic rings. The van der Waals surface area contributed by atoms with Crippen LogP contribution in [0.3, 0.4) is 0 Å². The van der Waals surface area contributed by atoms with Crippen LogP contribution in [0, 0.1) is 9.52 Å². The van der Waals surface area contributed by atoms with E-state index in [2.05, 4.69) is 10.3 Å². The Hall–Kier alpha value is -2.93. The van der Waals surface area contributed by atoms with Crippen molar-refractivity contribution in [2.24, 2.45) is 0 Å². The van der Waals surface area contributed by atoms with E-state index >= 15 is 0 Å². The molecule has 0 unspecified atom stereocenters. The molecule has 4 rings (SSSR count). The molecule has 0 bridgehead atoms. The first-order valence-corrected chi connectivity index (χ1v) is 12.3. The summed E-state index contributed by atoms with van der Waals surface area (Å²) in [6.07, 6.45) is 3.56. The SMILES string of the molecule is CN(C(=O)c1c(I)nc(N2CCC[C@@H](NC(=O)O)C2)n1Cc1cc(F)ccc1Cl)c1ccncc1. The number of aromatic nitrogens is 3. The average molecular weight is 613 g/mol. The monoisotopic (exact) mass is 612 g/mol. The quantitative estimate of drug-likeness (QED) is 0.404. The van der Waals surface area contributed by atoms with E-state index in [4.69, 9.17) is 21.7 Å². The number of hydrogen-bond donors (Lipinski definition) is 2. The molecule has 1 saturated heterocycles. The number of amides is 2. The molecule has 184 valence electrons. The number of imidazole rings is 1. The van der Waals surface area contributed by atoms with E-state index in [1.54, 1.807) is 36.1 Å². The van der Waals surface area contributed by atoms with Gasteiger partial charge in [-0.05, 0) is 71.3 Å². The molecule has 0 radical (unpaired) electrons. The number of nitrogens with zero attached hydrogens (tertiary/aromatic N) is 5. The van der Waals surface area contributed by atoms with Gasteiger partial charge in [0.2, 0.25) is 5.95 Å². The van der Waals surface area contributed by atoms with Gasteiger partial charge < -0.3 is 24.8 Å². The van der Waals surface area contributed by atoms with E-state index in [9.17, 15) is 14.0 Å². The molecule has 2 N–H and O–H groups in total. The predicted molar refractivity (Wildman–Crippen MR) is 139 cm³/mol. The Kier molecular flexibility index (Phi) is 7.75. The minimum atomic E-state index is -1.09. The van der Waals surface area contributed by atoms with Crippen molar-refractivity contribution >= 4 is 57.8 Å². The van der Waals surface area contributed by atoms with Gasteiger partial charge in [-0.2, -0.15) is 0 Å². The summed E-state index contributed by atoms with van der Waals surface area (Å²) in [4.78, 5) is 37.0. The molecule has 0 saturated carbocycles. The lowest BCUT2D eigenvalue weighted by Gasteiger charge is -2.33. The number of carbonyl (C=O) groups is 2. The number of halogens is 3. The topological polar surface area (TPSA) is 104 Å². The molecule has 9 nitrogen and oxygen atoms in total. The number of rotatable bonds is 6. The van der Waals surface area contributed by atoms with Crippen LogP contribution in [0.2, 0.25) is 5.02 Å². The fraction of sp³-hybridized carbons (Fsp3) is 0.304. The lowest BCUT2D eigenvalue weighted by Crippen LogP contribution is -2.48. The van der Waals surface area contributed by atoms with Crippen LogP contribution in [0.25, 0.3) is 0 Å². The smallest absolute Gasteiger partial charge is 0.404 e. The number of nitrogens with one attached hydrogen (secondary N) is 1. The van der Waals surface area contributed by atoms with E-state index in [-0.39, 0.29) is 18.5 Å². The summed E-state index contributed by atoms with van der Waals surface area (Å²) in [7, 11) is 1.66. The van der Waals surface area contributed by atoms with Gasteiger partial charge in [0, 0.05) is 49.3 Å². The van der Waals surface area contributed by atoms with Gasteiger partial charge in [-0.25, -0.2) is 14.2 Å². The van der Waals surface area contributed by atoms with Crippen LogP contribution in [0.15, 0.2) is 42.7 Å². The van der Waals surface area contributed by atoms with Crippen LogP contribution >= 0.6 is 34.2 Å². The molecule has 1 fully saturated rings. The number of carbonyl (C=O) groups excluding carboxylic acids is 1. The third kappa shape index (κ3) is 5.67. The van der Waals surface area contributed by atoms with Crippen molar-refractivity contribution in [1.82, 2.24) is 19.9 Å². The minimum absolute atomic E-state index is 0.112. The van der Waals surface area contributed by atoms with Crippen LogP contribution in [0.1, 0.15) is 28.9 Å². The van der Waals surface area contributed by atoms with Gasteiger partial charge in [-0.3, -0.25) is 9.78 Å². The second kappa shape index (κ2) is 10.8. The number of pyridine rings is 1. The number of hydrogen-bond acceptors (Lipinski definition) is 5. The van der Waals surface area contributed by atoms with Crippen molar-refractivity contribution in [3.8, 4) is 0 Å². The first kappa shape index (κ1) is 25.2. The van der Waals surface area contributed by atoms with E-state index in [1.165, 1.54) is 23.1 Å². The Labute approximate surface area is 220 Å². The maximum atomic E-state index is 14.1. The number of anilines is 2. The summed E-state index contributed by atoms with van der Waals surface area (Å²) in [5.74, 6) is -0.242. The summed E-state index contributed by atoms with van der Waals surface area (Å²) in [5.41, 5.74) is 1.48. The molecule has 1 aromatic carbocycles. The van der Waals surface area contributed by atoms with Crippen molar-refractivity contribution in [2.75, 3.05) is 29.9 Å². The first-order valence-electron chi connectivity index (χ1n) is 10.9. The van der Waals surface area contributed by atoms with Crippen molar-refractivity contribution in [3.05, 3.63) is 68.5 Å². The largest absolute Gasteiger partial charge is 0.465 e. The maximum absolute atomic E-state index is 14.1. The highest BCUT2D eigenvalue weighted by Crippen LogP contribution is 2.29. The molecule has 0 aliphatic carbocycles. The second-order valence-corrected chi connectivity index (χ2v) is 9.61. The zero-order chi connectivity index (χ0) is 25.1. The summed E-state index contributed by atoms with van der Waals surface area (Å²) in [5, 5.41) is 12.1. The Bertz CT molecular complexity index is 1240. The number of piperidine rings is 1. The molecular formula is C23H23ClFIN6O3. The van der Waals surface area contributed by atoms with Crippen LogP contribution in [-0.2, 0) is 6.54 Å². The van der Waals surface area contributed by atoms with Crippen molar-refractivity contribution in [2.45, 2.75) is 25.4 Å². The second-order valence-electron chi connectivity index (χ2n) is 8.18. The van der Waals surface area contributed by atoms with Gasteiger partial charge in [0.25, 0.3) is 5.91 Å². The molecule has 3 heterocycles. The Balaban J connectivity index is 1.77. The van der Waals surface area contributed by atoms with Gasteiger partial charge in [-0.15, -0.1) is 0 Å². The van der Waals surface area contributed by atoms with Gasteiger partial charge in [0.05, 0.1) is 6.54 Å². The van der Waals surface area contributed by atoms with E-state index in [0.29, 0.717) is 51.1 Å². The molecule has 35 heavy (non-hydrogen) atoms. The van der Waals surface area contributed by atoms with E-state index in [0.717, 1.165) is 6.42 Å². The molecule has 1 atom stereocenters. The van der Waals surface area contributed by atoms with Crippen LogP contribution in [0.4, 0.5) is 20.8 Å². The Morgan fingerprint density at radius 1 is 1.31 bits per heavy atom. The first-order chi connectivity index (χ1) is 16.7. The highest BCUT2D eigenvalue weighted by Gasteiger charge is 2.30. The summed E-state index contributed by atoms with van der Waals surface area (Å²) < 4.78 is 16.3. The summed E-state index contributed by atoms with van der Waals surface area (Å²) >= 11 is 8.39. The highest BCUT2D eigenvalue weighted by molar-refractivity contribution is 14.1. The van der Waals surface area contributed by atoms with E-state index in [1.807, 2.05) is 27.5 Å². The maximum Gasteiger partial charge on any atom is 0.404 e. The Morgan fingerprint density at radius 3 is 2.77 bits per heavy atom. The fourth-order valence-electron chi connectivity index (χ4n) is 4.14. The zero-order valence-electron chi connectivity index (χ0n) is 18.8. The van der Waals surface area contributed by atoms with Crippen LogP contribution in [0.5, 0.6) is 0 Å². The third-order valence-electron chi connectivity index (χ3n) is 5.83. The van der Waals surface area contributed by atoms with Gasteiger partial charge in [0.1, 0.15) is 15.2 Å². The van der Waals surface area contributed by atoms with E-state index < -0.39 is 11.9 Å². The fourth-order valence-corrected chi connectivity index (χ4v) is 5.05. The van der Waals surface area contributed by atoms with Crippen LogP contribution < -0.4 is 15.1 Å². The van der Waals surface area contributed by atoms with Gasteiger partial charge in [-0.1, -0.05) is 11.6 Å². The Morgan fingerprint density at radius 2 is 2.06 bits per heavy atom. The third-order valence-corrected chi connectivity index (χ3v) is 6.95. The molecule has 12 heteroatoms. The lowest BCUT2D eigenvalue weighted by atomic mass is 10.1. The lowest BCUT2D eigenvalue weighted by molar-refractivity contribution is 0.0983. The van der Waals surface area contributed by atoms with Crippen molar-refractivity contribution in [1.29, 1.82) is 0 Å². The normalized spacial score (nSPS) is 15.7. The minimum Gasteiger partial charge on any atom is -0.465 e. The molecule has 2 aromatic heterocycles. The average Bonchev–Trinajstić information content (AvgIpc) is 3.16. The van der Waals surface area contributed by atoms with Gasteiger partial charge in [0.15, 0.2) is 0 Å². The highest BCUT2D eigenvalue weighted by atomic mass is 127. The van der Waals surface area contributed by atoms with Gasteiger partial charge >= 0.3 is 6.09 Å². The molecule has 1 aliphatic rings. The summed E-state index contributed by atoms with van der Waals surface area (Å²) in [6.45, 7) is 1.14. The molecular weight excluding hydrogens is 590 g/mol. The molecule has 1 aliphatic heterocycles. The number of benzene rings is 1. The predicted octanol–water partition coefficient (Wildman–Crippen LogP) is 4.24. The zero-order valence-corrected chi connectivity index (χ0v) is 21.7. The summed E-state index contributed by atoms with van der Waals surface area (Å²) in [6, 6.07) is 7.27. The number of carboxylic acid groups (broad SMARTS) is 1. The van der Waals surface area contributed by atoms with Crippen molar-refractivity contribution in [3.63, 3.8) is 0 Å².